The van der Waals surface area contributed by atoms with Gasteiger partial charge in [0.15, 0.2) is 0 Å². The number of non-ortho nitro benzene ring substituents is 1. The quantitative estimate of drug-likeness (QED) is 0.439. The minimum atomic E-state index is -0.538. The van der Waals surface area contributed by atoms with Crippen molar-refractivity contribution >= 4 is 11.4 Å². The number of phenols is 1. The van der Waals surface area contributed by atoms with Crippen LogP contribution in [-0.2, 0) is 0 Å². The molecular formula is C9H12N2O3. The van der Waals surface area contributed by atoms with Crippen molar-refractivity contribution in [3.63, 3.8) is 0 Å². The number of phenolic OH excluding ortho intramolecular Hbond substituents is 1. The lowest BCUT2D eigenvalue weighted by molar-refractivity contribution is -0.384. The molecule has 5 nitrogen and oxygen atoms in total. The molecule has 14 heavy (non-hydrogen) atoms. The Labute approximate surface area is 81.5 Å². The lowest BCUT2D eigenvalue weighted by Crippen LogP contribution is -2.00. The van der Waals surface area contributed by atoms with Gasteiger partial charge in [0.05, 0.1) is 16.7 Å². The molecule has 1 aromatic rings. The molecule has 0 spiro atoms. The zero-order valence-corrected chi connectivity index (χ0v) is 7.86. The first-order valence-electron chi connectivity index (χ1n) is 4.36. The molecule has 0 amide bonds. The number of benzene rings is 1. The van der Waals surface area contributed by atoms with E-state index >= 15 is 0 Å². The zero-order valence-electron chi connectivity index (χ0n) is 7.86. The van der Waals surface area contributed by atoms with Crippen molar-refractivity contribution in [1.82, 2.24) is 0 Å². The summed E-state index contributed by atoms with van der Waals surface area (Å²) in [4.78, 5) is 9.81. The molecule has 0 heterocycles. The first-order valence-corrected chi connectivity index (χ1v) is 4.36. The Morgan fingerprint density at radius 3 is 2.79 bits per heavy atom. The number of hydrogen-bond acceptors (Lipinski definition) is 4. The number of anilines is 1. The summed E-state index contributed by atoms with van der Waals surface area (Å²) in [6, 6.07) is 4.00. The molecule has 0 atom stereocenters. The van der Waals surface area contributed by atoms with Gasteiger partial charge in [0.25, 0.3) is 5.69 Å². The minimum absolute atomic E-state index is 0.0901. The van der Waals surface area contributed by atoms with Gasteiger partial charge < -0.3 is 10.4 Å². The summed E-state index contributed by atoms with van der Waals surface area (Å²) in [6.45, 7) is 2.72. The van der Waals surface area contributed by atoms with Crippen molar-refractivity contribution in [2.45, 2.75) is 13.3 Å². The molecule has 1 aromatic carbocycles. The molecule has 0 radical (unpaired) electrons. The molecule has 0 unspecified atom stereocenters. The maximum atomic E-state index is 10.4. The molecule has 0 saturated carbocycles. The van der Waals surface area contributed by atoms with E-state index in [2.05, 4.69) is 5.32 Å². The first-order chi connectivity index (χ1) is 6.65. The molecular weight excluding hydrogens is 184 g/mol. The largest absolute Gasteiger partial charge is 0.506 e. The fourth-order valence-electron chi connectivity index (χ4n) is 1.04. The number of nitro groups is 1. The van der Waals surface area contributed by atoms with E-state index in [0.717, 1.165) is 19.0 Å². The fourth-order valence-corrected chi connectivity index (χ4v) is 1.04. The second kappa shape index (κ2) is 4.45. The highest BCUT2D eigenvalue weighted by Crippen LogP contribution is 2.27. The summed E-state index contributed by atoms with van der Waals surface area (Å²) in [7, 11) is 0. The zero-order chi connectivity index (χ0) is 10.6. The molecule has 0 aromatic heterocycles. The van der Waals surface area contributed by atoms with Crippen LogP contribution in [0.3, 0.4) is 0 Å². The predicted octanol–water partition coefficient (Wildman–Crippen LogP) is 2.12. The molecule has 0 aliphatic rings. The summed E-state index contributed by atoms with van der Waals surface area (Å²) >= 11 is 0. The third-order valence-corrected chi connectivity index (χ3v) is 1.76. The van der Waals surface area contributed by atoms with Gasteiger partial charge in [-0.1, -0.05) is 6.92 Å². The predicted molar refractivity (Wildman–Crippen MR) is 53.5 cm³/mol. The van der Waals surface area contributed by atoms with E-state index in [-0.39, 0.29) is 11.4 Å². The second-order valence-electron chi connectivity index (χ2n) is 2.89. The van der Waals surface area contributed by atoms with E-state index in [0.29, 0.717) is 5.69 Å². The van der Waals surface area contributed by atoms with Gasteiger partial charge in [0.1, 0.15) is 5.75 Å². The third-order valence-electron chi connectivity index (χ3n) is 1.76. The average molecular weight is 196 g/mol. The smallest absolute Gasteiger partial charge is 0.273 e. The molecule has 0 aliphatic heterocycles. The summed E-state index contributed by atoms with van der Waals surface area (Å²) < 4.78 is 0. The molecule has 0 saturated heterocycles. The van der Waals surface area contributed by atoms with Crippen LogP contribution in [0.15, 0.2) is 18.2 Å². The Bertz CT molecular complexity index is 339. The van der Waals surface area contributed by atoms with Gasteiger partial charge in [0, 0.05) is 12.6 Å². The van der Waals surface area contributed by atoms with E-state index < -0.39 is 4.92 Å². The topological polar surface area (TPSA) is 75.4 Å². The third kappa shape index (κ3) is 2.35. The highest BCUT2D eigenvalue weighted by Gasteiger charge is 2.08. The molecule has 0 aliphatic carbocycles. The van der Waals surface area contributed by atoms with E-state index in [4.69, 9.17) is 0 Å². The monoisotopic (exact) mass is 196 g/mol. The Hall–Kier alpha value is -1.78. The Morgan fingerprint density at radius 2 is 2.29 bits per heavy atom. The summed E-state index contributed by atoms with van der Waals surface area (Å²) in [5, 5.41) is 22.7. The van der Waals surface area contributed by atoms with Crippen LogP contribution in [0.4, 0.5) is 11.4 Å². The van der Waals surface area contributed by atoms with Gasteiger partial charge in [-0.2, -0.15) is 0 Å². The standard InChI is InChI=1S/C9H12N2O3/c1-2-5-10-8-4-3-7(11(13)14)6-9(8)12/h3-4,6,10,12H,2,5H2,1H3. The average Bonchev–Trinajstić information content (AvgIpc) is 2.15. The van der Waals surface area contributed by atoms with Crippen molar-refractivity contribution in [1.29, 1.82) is 0 Å². The Morgan fingerprint density at radius 1 is 1.57 bits per heavy atom. The van der Waals surface area contributed by atoms with Crippen LogP contribution >= 0.6 is 0 Å². The Balaban J connectivity index is 2.84. The molecule has 0 fully saturated rings. The van der Waals surface area contributed by atoms with Crippen LogP contribution in [-0.4, -0.2) is 16.6 Å². The number of rotatable bonds is 4. The SMILES string of the molecule is CCCNc1ccc([N+](=O)[O-])cc1O. The minimum Gasteiger partial charge on any atom is -0.506 e. The number of nitro benzene ring substituents is 1. The van der Waals surface area contributed by atoms with Crippen molar-refractivity contribution in [2.75, 3.05) is 11.9 Å². The van der Waals surface area contributed by atoms with Crippen molar-refractivity contribution in [3.05, 3.63) is 28.3 Å². The lowest BCUT2D eigenvalue weighted by Gasteiger charge is -2.05. The number of nitrogens with one attached hydrogen (secondary N) is 1. The molecule has 0 bridgehead atoms. The van der Waals surface area contributed by atoms with Crippen LogP contribution in [0.25, 0.3) is 0 Å². The lowest BCUT2D eigenvalue weighted by atomic mass is 10.2. The van der Waals surface area contributed by atoms with Crippen molar-refractivity contribution in [3.8, 4) is 5.75 Å². The second-order valence-corrected chi connectivity index (χ2v) is 2.89. The molecule has 2 N–H and O–H groups in total. The fraction of sp³-hybridized carbons (Fsp3) is 0.333. The maximum Gasteiger partial charge on any atom is 0.273 e. The van der Waals surface area contributed by atoms with Crippen LogP contribution in [0.1, 0.15) is 13.3 Å². The van der Waals surface area contributed by atoms with E-state index in [9.17, 15) is 15.2 Å². The highest BCUT2D eigenvalue weighted by atomic mass is 16.6. The van der Waals surface area contributed by atoms with Gasteiger partial charge in [-0.3, -0.25) is 10.1 Å². The summed E-state index contributed by atoms with van der Waals surface area (Å²) in [6.07, 6.45) is 0.927. The van der Waals surface area contributed by atoms with Gasteiger partial charge in [0.2, 0.25) is 0 Å². The molecule has 1 rings (SSSR count). The summed E-state index contributed by atoms with van der Waals surface area (Å²) in [5.74, 6) is -0.0901. The van der Waals surface area contributed by atoms with Crippen LogP contribution < -0.4 is 5.32 Å². The van der Waals surface area contributed by atoms with Gasteiger partial charge in [-0.05, 0) is 12.5 Å². The normalized spacial score (nSPS) is 9.79. The van der Waals surface area contributed by atoms with Crippen molar-refractivity contribution < 1.29 is 10.0 Å². The molecule has 76 valence electrons. The number of aromatic hydroxyl groups is 1. The van der Waals surface area contributed by atoms with Gasteiger partial charge in [-0.15, -0.1) is 0 Å². The van der Waals surface area contributed by atoms with E-state index in [1.54, 1.807) is 0 Å². The highest BCUT2D eigenvalue weighted by molar-refractivity contribution is 5.59. The van der Waals surface area contributed by atoms with Crippen LogP contribution in [0.5, 0.6) is 5.75 Å². The first kappa shape index (κ1) is 10.3. The van der Waals surface area contributed by atoms with Gasteiger partial charge in [-0.25, -0.2) is 0 Å². The van der Waals surface area contributed by atoms with Crippen LogP contribution in [0, 0.1) is 10.1 Å². The molecule has 5 heteroatoms. The maximum absolute atomic E-state index is 10.4. The van der Waals surface area contributed by atoms with Crippen LogP contribution in [0.2, 0.25) is 0 Å². The number of hydrogen-bond donors (Lipinski definition) is 2. The Kier molecular flexibility index (Phi) is 3.28. The van der Waals surface area contributed by atoms with E-state index in [1.165, 1.54) is 12.1 Å². The summed E-state index contributed by atoms with van der Waals surface area (Å²) in [5.41, 5.74) is 0.419. The van der Waals surface area contributed by atoms with Crippen molar-refractivity contribution in [2.24, 2.45) is 0 Å². The number of nitrogens with zero attached hydrogens (tertiary/aromatic N) is 1. The van der Waals surface area contributed by atoms with Gasteiger partial charge >= 0.3 is 0 Å². The van der Waals surface area contributed by atoms with E-state index in [1.807, 2.05) is 6.92 Å².